The number of hydrogen-bond donors (Lipinski definition) is 2. The molecule has 2 atom stereocenters. The number of aliphatic hydroxyl groups excluding tert-OH is 1. The molecule has 1 aliphatic carbocycles. The Kier molecular flexibility index (Phi) is 6.32. The number of carbonyl (C=O) groups excluding carboxylic acids is 1. The minimum Gasteiger partial charge on any atom is -0.490 e. The van der Waals surface area contributed by atoms with E-state index in [4.69, 9.17) is 44.3 Å². The molecular formula is C21H21Cl3N2O4. The van der Waals surface area contributed by atoms with E-state index < -0.39 is 6.10 Å². The first kappa shape index (κ1) is 21.5. The number of benzene rings is 2. The molecule has 4 rings (SSSR count). The predicted molar refractivity (Wildman–Crippen MR) is 117 cm³/mol. The van der Waals surface area contributed by atoms with Gasteiger partial charge < -0.3 is 19.9 Å². The van der Waals surface area contributed by atoms with Gasteiger partial charge in [-0.1, -0.05) is 34.8 Å². The fourth-order valence-electron chi connectivity index (χ4n) is 3.96. The number of hydrogen-bond acceptors (Lipinski definition) is 5. The highest BCUT2D eigenvalue weighted by Gasteiger charge is 2.36. The Hall–Kier alpha value is -1.70. The highest BCUT2D eigenvalue weighted by atomic mass is 35.5. The Morgan fingerprint density at radius 1 is 1.13 bits per heavy atom. The molecule has 1 heterocycles. The van der Waals surface area contributed by atoms with E-state index in [1.165, 1.54) is 0 Å². The Balaban J connectivity index is 1.48. The maximum Gasteiger partial charge on any atom is 0.238 e. The van der Waals surface area contributed by atoms with Crippen LogP contribution in [0.25, 0.3) is 0 Å². The normalized spacial score (nSPS) is 20.1. The summed E-state index contributed by atoms with van der Waals surface area (Å²) < 4.78 is 11.3. The molecular weight excluding hydrogens is 451 g/mol. The lowest BCUT2D eigenvalue weighted by atomic mass is 10.1. The number of rotatable bonds is 4. The number of ether oxygens (including phenoxy) is 2. The zero-order valence-corrected chi connectivity index (χ0v) is 18.5. The summed E-state index contributed by atoms with van der Waals surface area (Å²) in [6.07, 6.45) is 0.504. The van der Waals surface area contributed by atoms with Crippen LogP contribution in [0, 0.1) is 0 Å². The highest BCUT2D eigenvalue weighted by Crippen LogP contribution is 2.41. The first-order valence-electron chi connectivity index (χ1n) is 9.58. The summed E-state index contributed by atoms with van der Waals surface area (Å²) in [5.41, 5.74) is 2.14. The molecule has 160 valence electrons. The Labute approximate surface area is 189 Å². The molecule has 6 nitrogen and oxygen atoms in total. The van der Waals surface area contributed by atoms with Gasteiger partial charge in [0.15, 0.2) is 11.5 Å². The van der Waals surface area contributed by atoms with Gasteiger partial charge in [-0.3, -0.25) is 9.69 Å². The van der Waals surface area contributed by atoms with Gasteiger partial charge in [0.1, 0.15) is 0 Å². The molecule has 1 aliphatic heterocycles. The van der Waals surface area contributed by atoms with E-state index in [0.717, 1.165) is 17.5 Å². The highest BCUT2D eigenvalue weighted by molar-refractivity contribution is 6.35. The van der Waals surface area contributed by atoms with Crippen LogP contribution < -0.4 is 14.8 Å². The van der Waals surface area contributed by atoms with Crippen molar-refractivity contribution in [3.05, 3.63) is 50.5 Å². The van der Waals surface area contributed by atoms with Crippen LogP contribution in [-0.2, 0) is 11.2 Å². The van der Waals surface area contributed by atoms with Crippen molar-refractivity contribution in [2.75, 3.05) is 32.1 Å². The van der Waals surface area contributed by atoms with E-state index in [1.807, 2.05) is 0 Å². The van der Waals surface area contributed by atoms with E-state index in [2.05, 4.69) is 5.32 Å². The van der Waals surface area contributed by atoms with E-state index in [1.54, 1.807) is 36.2 Å². The van der Waals surface area contributed by atoms with Crippen LogP contribution in [-0.4, -0.2) is 48.8 Å². The molecule has 2 unspecified atom stereocenters. The molecule has 0 fully saturated rings. The number of fused-ring (bicyclic) bond motifs is 2. The number of likely N-dealkylation sites (N-methyl/N-ethyl adjacent to an activating group) is 1. The molecule has 0 bridgehead atoms. The minimum absolute atomic E-state index is 0.0378. The van der Waals surface area contributed by atoms with Crippen molar-refractivity contribution in [3.8, 4) is 11.5 Å². The van der Waals surface area contributed by atoms with Crippen LogP contribution in [0.1, 0.15) is 23.6 Å². The quantitative estimate of drug-likeness (QED) is 0.694. The predicted octanol–water partition coefficient (Wildman–Crippen LogP) is 4.34. The first-order chi connectivity index (χ1) is 14.3. The van der Waals surface area contributed by atoms with Gasteiger partial charge >= 0.3 is 0 Å². The zero-order valence-electron chi connectivity index (χ0n) is 16.3. The molecule has 9 heteroatoms. The SMILES string of the molecule is CN(CC(=O)Nc1cc2c(cc1Cl)OCCCO2)C1c2cc(Cl)cc(Cl)c2CC1O. The fourth-order valence-corrected chi connectivity index (χ4v) is 4.74. The van der Waals surface area contributed by atoms with Gasteiger partial charge in [0.2, 0.25) is 5.91 Å². The number of anilines is 1. The van der Waals surface area contributed by atoms with E-state index in [9.17, 15) is 9.90 Å². The fraction of sp³-hybridized carbons (Fsp3) is 0.381. The number of amides is 1. The van der Waals surface area contributed by atoms with Crippen molar-refractivity contribution >= 4 is 46.4 Å². The third kappa shape index (κ3) is 4.34. The second-order valence-electron chi connectivity index (χ2n) is 7.46. The van der Waals surface area contributed by atoms with Gasteiger partial charge in [0, 0.05) is 35.0 Å². The van der Waals surface area contributed by atoms with Gasteiger partial charge in [0.05, 0.1) is 42.6 Å². The third-order valence-electron chi connectivity index (χ3n) is 5.27. The van der Waals surface area contributed by atoms with Crippen molar-refractivity contribution in [3.63, 3.8) is 0 Å². The average molecular weight is 472 g/mol. The van der Waals surface area contributed by atoms with Gasteiger partial charge in [0.25, 0.3) is 0 Å². The summed E-state index contributed by atoms with van der Waals surface area (Å²) in [6, 6.07) is 6.37. The van der Waals surface area contributed by atoms with Crippen molar-refractivity contribution in [1.82, 2.24) is 4.90 Å². The molecule has 1 amide bonds. The zero-order chi connectivity index (χ0) is 21.4. The molecule has 2 N–H and O–H groups in total. The molecule has 0 spiro atoms. The van der Waals surface area contributed by atoms with Crippen molar-refractivity contribution in [2.24, 2.45) is 0 Å². The maximum absolute atomic E-state index is 12.7. The van der Waals surface area contributed by atoms with E-state index in [0.29, 0.717) is 51.9 Å². The van der Waals surface area contributed by atoms with E-state index >= 15 is 0 Å². The Bertz CT molecular complexity index is 985. The van der Waals surface area contributed by atoms with Gasteiger partial charge in [-0.15, -0.1) is 0 Å². The van der Waals surface area contributed by atoms with Gasteiger partial charge in [-0.25, -0.2) is 0 Å². The summed E-state index contributed by atoms with van der Waals surface area (Å²) in [5, 5.41) is 14.8. The smallest absolute Gasteiger partial charge is 0.238 e. The number of nitrogens with one attached hydrogen (secondary N) is 1. The van der Waals surface area contributed by atoms with Crippen molar-refractivity contribution in [2.45, 2.75) is 25.0 Å². The van der Waals surface area contributed by atoms with Crippen LogP contribution in [0.4, 0.5) is 5.69 Å². The van der Waals surface area contributed by atoms with Crippen molar-refractivity contribution < 1.29 is 19.4 Å². The molecule has 30 heavy (non-hydrogen) atoms. The lowest BCUT2D eigenvalue weighted by Gasteiger charge is -2.27. The number of aliphatic hydroxyl groups is 1. The number of carbonyl (C=O) groups is 1. The average Bonchev–Trinajstić information content (AvgIpc) is 2.84. The molecule has 0 saturated heterocycles. The number of halogens is 3. The monoisotopic (exact) mass is 470 g/mol. The molecule has 0 aromatic heterocycles. The van der Waals surface area contributed by atoms with E-state index in [-0.39, 0.29) is 18.5 Å². The summed E-state index contributed by atoms with van der Waals surface area (Å²) >= 11 is 18.7. The standard InChI is InChI=1S/C21H21Cl3N2O4/c1-26(21-13-5-11(22)6-14(23)12(13)7-17(21)27)10-20(28)25-16-9-19-18(8-15(16)24)29-3-2-4-30-19/h5-6,8-9,17,21,27H,2-4,7,10H2,1H3,(H,25,28). The molecule has 2 aromatic carbocycles. The van der Waals surface area contributed by atoms with Crippen LogP contribution in [0.5, 0.6) is 11.5 Å². The second-order valence-corrected chi connectivity index (χ2v) is 8.72. The van der Waals surface area contributed by atoms with Gasteiger partial charge in [-0.05, 0) is 30.3 Å². The van der Waals surface area contributed by atoms with Crippen molar-refractivity contribution in [1.29, 1.82) is 0 Å². The Morgan fingerprint density at radius 2 is 1.83 bits per heavy atom. The molecule has 2 aliphatic rings. The topological polar surface area (TPSA) is 71.0 Å². The van der Waals surface area contributed by atoms with Gasteiger partial charge in [-0.2, -0.15) is 0 Å². The van der Waals surface area contributed by atoms with Crippen LogP contribution in [0.15, 0.2) is 24.3 Å². The summed E-state index contributed by atoms with van der Waals surface area (Å²) in [7, 11) is 1.77. The van der Waals surface area contributed by atoms with Crippen LogP contribution >= 0.6 is 34.8 Å². The lowest BCUT2D eigenvalue weighted by Crippen LogP contribution is -2.37. The first-order valence-corrected chi connectivity index (χ1v) is 10.7. The number of nitrogens with zero attached hydrogens (tertiary/aromatic N) is 1. The Morgan fingerprint density at radius 3 is 2.57 bits per heavy atom. The second kappa shape index (κ2) is 8.81. The molecule has 0 saturated carbocycles. The summed E-state index contributed by atoms with van der Waals surface area (Å²) in [5.74, 6) is 0.833. The van der Waals surface area contributed by atoms with Crippen LogP contribution in [0.3, 0.4) is 0 Å². The minimum atomic E-state index is -0.685. The summed E-state index contributed by atoms with van der Waals surface area (Å²) in [4.78, 5) is 14.5. The maximum atomic E-state index is 12.7. The molecule has 2 aromatic rings. The largest absolute Gasteiger partial charge is 0.490 e. The third-order valence-corrected chi connectivity index (χ3v) is 6.14. The summed E-state index contributed by atoms with van der Waals surface area (Å²) in [6.45, 7) is 1.13. The molecule has 0 radical (unpaired) electrons. The van der Waals surface area contributed by atoms with Crippen LogP contribution in [0.2, 0.25) is 15.1 Å². The lowest BCUT2D eigenvalue weighted by molar-refractivity contribution is -0.118.